The fourth-order valence-corrected chi connectivity index (χ4v) is 1.78. The first-order valence-electron chi connectivity index (χ1n) is 7.27. The van der Waals surface area contributed by atoms with Gasteiger partial charge in [-0.15, -0.1) is 0 Å². The van der Waals surface area contributed by atoms with Gasteiger partial charge in [-0.05, 0) is 30.5 Å². The summed E-state index contributed by atoms with van der Waals surface area (Å²) in [6, 6.07) is 6.90. The van der Waals surface area contributed by atoms with Crippen molar-refractivity contribution in [1.29, 1.82) is 0 Å². The normalized spacial score (nSPS) is 13.8. The van der Waals surface area contributed by atoms with Gasteiger partial charge >= 0.3 is 0 Å². The summed E-state index contributed by atoms with van der Waals surface area (Å²) in [6.07, 6.45) is -0.656. The number of carbonyl (C=O) groups is 1. The summed E-state index contributed by atoms with van der Waals surface area (Å²) in [7, 11) is 1.60. The highest BCUT2D eigenvalue weighted by Gasteiger charge is 2.15. The number of hydrogen-bond donors (Lipinski definition) is 3. The van der Waals surface area contributed by atoms with Gasteiger partial charge in [0.15, 0.2) is 0 Å². The van der Waals surface area contributed by atoms with Crippen molar-refractivity contribution in [1.82, 2.24) is 10.6 Å². The molecule has 0 aliphatic carbocycles. The lowest BCUT2D eigenvalue weighted by Gasteiger charge is -2.18. The summed E-state index contributed by atoms with van der Waals surface area (Å²) in [5, 5.41) is 16.0. The summed E-state index contributed by atoms with van der Waals surface area (Å²) in [5.41, 5.74) is 0.790. The van der Waals surface area contributed by atoms with Gasteiger partial charge in [-0.2, -0.15) is 0 Å². The zero-order chi connectivity index (χ0) is 15.8. The van der Waals surface area contributed by atoms with E-state index in [1.807, 2.05) is 26.0 Å². The molecule has 3 N–H and O–H groups in total. The molecule has 2 unspecified atom stereocenters. The predicted molar refractivity (Wildman–Crippen MR) is 83.3 cm³/mol. The van der Waals surface area contributed by atoms with Crippen LogP contribution in [0.15, 0.2) is 24.3 Å². The van der Waals surface area contributed by atoms with Crippen molar-refractivity contribution in [2.45, 2.75) is 32.9 Å². The molecule has 0 saturated heterocycles. The highest BCUT2D eigenvalue weighted by molar-refractivity contribution is 5.81. The Bertz CT molecular complexity index is 432. The van der Waals surface area contributed by atoms with E-state index in [9.17, 15) is 9.90 Å². The maximum atomic E-state index is 11.8. The second-order valence-electron chi connectivity index (χ2n) is 5.56. The van der Waals surface area contributed by atoms with E-state index < -0.39 is 6.10 Å². The van der Waals surface area contributed by atoms with Crippen molar-refractivity contribution in [2.75, 3.05) is 20.2 Å². The molecule has 1 amide bonds. The minimum Gasteiger partial charge on any atom is -0.497 e. The molecule has 1 aromatic carbocycles. The summed E-state index contributed by atoms with van der Waals surface area (Å²) in [5.74, 6) is 1.12. The number of benzene rings is 1. The lowest BCUT2D eigenvalue weighted by atomic mass is 10.1. The Kier molecular flexibility index (Phi) is 7.19. The number of amides is 1. The molecule has 0 saturated carbocycles. The molecule has 21 heavy (non-hydrogen) atoms. The van der Waals surface area contributed by atoms with Gasteiger partial charge in [-0.3, -0.25) is 4.79 Å². The van der Waals surface area contributed by atoms with Crippen molar-refractivity contribution in [3.8, 4) is 5.75 Å². The molecule has 0 radical (unpaired) electrons. The molecular formula is C16H26N2O3. The molecule has 0 aliphatic heterocycles. The summed E-state index contributed by atoms with van der Waals surface area (Å²) in [6.45, 7) is 6.86. The third-order valence-corrected chi connectivity index (χ3v) is 3.20. The van der Waals surface area contributed by atoms with Crippen LogP contribution < -0.4 is 15.4 Å². The second-order valence-corrected chi connectivity index (χ2v) is 5.56. The Balaban J connectivity index is 2.40. The van der Waals surface area contributed by atoms with Gasteiger partial charge in [-0.1, -0.05) is 26.0 Å². The van der Waals surface area contributed by atoms with Crippen molar-refractivity contribution in [2.24, 2.45) is 5.92 Å². The summed E-state index contributed by atoms with van der Waals surface area (Å²) in [4.78, 5) is 11.8. The number of aliphatic hydroxyl groups is 1. The molecule has 118 valence electrons. The van der Waals surface area contributed by atoms with Gasteiger partial charge in [0.1, 0.15) is 5.75 Å². The Morgan fingerprint density at radius 1 is 1.19 bits per heavy atom. The van der Waals surface area contributed by atoms with E-state index >= 15 is 0 Å². The molecule has 0 bridgehead atoms. The lowest BCUT2D eigenvalue weighted by Crippen LogP contribution is -2.44. The smallest absolute Gasteiger partial charge is 0.236 e. The minimum absolute atomic E-state index is 0.0503. The highest BCUT2D eigenvalue weighted by Crippen LogP contribution is 2.17. The molecular weight excluding hydrogens is 268 g/mol. The van der Waals surface area contributed by atoms with Crippen LogP contribution in [0.5, 0.6) is 5.75 Å². The lowest BCUT2D eigenvalue weighted by molar-refractivity contribution is -0.123. The monoisotopic (exact) mass is 294 g/mol. The van der Waals surface area contributed by atoms with Crippen molar-refractivity contribution < 1.29 is 14.6 Å². The number of ether oxygens (including phenoxy) is 1. The number of carbonyl (C=O) groups excluding carboxylic acids is 1. The fourth-order valence-electron chi connectivity index (χ4n) is 1.78. The van der Waals surface area contributed by atoms with E-state index in [0.29, 0.717) is 19.0 Å². The van der Waals surface area contributed by atoms with Crippen LogP contribution in [0.25, 0.3) is 0 Å². The molecule has 1 rings (SSSR count). The molecule has 0 aromatic heterocycles. The summed E-state index contributed by atoms with van der Waals surface area (Å²) < 4.78 is 5.07. The summed E-state index contributed by atoms with van der Waals surface area (Å²) >= 11 is 0. The molecule has 1 aromatic rings. The van der Waals surface area contributed by atoms with Gasteiger partial charge in [0.25, 0.3) is 0 Å². The van der Waals surface area contributed by atoms with Crippen LogP contribution in [-0.2, 0) is 4.79 Å². The molecule has 0 heterocycles. The number of rotatable bonds is 8. The second kappa shape index (κ2) is 8.64. The first-order chi connectivity index (χ1) is 9.93. The average molecular weight is 294 g/mol. The number of methoxy groups -OCH3 is 1. The third-order valence-electron chi connectivity index (χ3n) is 3.20. The largest absolute Gasteiger partial charge is 0.497 e. The predicted octanol–water partition coefficient (Wildman–Crippen LogP) is 1.48. The van der Waals surface area contributed by atoms with Crippen LogP contribution in [-0.4, -0.2) is 37.3 Å². The Hall–Kier alpha value is -1.59. The Morgan fingerprint density at radius 2 is 1.81 bits per heavy atom. The van der Waals surface area contributed by atoms with E-state index in [1.165, 1.54) is 0 Å². The fraction of sp³-hybridized carbons (Fsp3) is 0.562. The number of aliphatic hydroxyl groups excluding tert-OH is 1. The van der Waals surface area contributed by atoms with Crippen LogP contribution in [0.4, 0.5) is 0 Å². The van der Waals surface area contributed by atoms with Gasteiger partial charge in [0.2, 0.25) is 5.91 Å². The van der Waals surface area contributed by atoms with Crippen LogP contribution in [0.3, 0.4) is 0 Å². The van der Waals surface area contributed by atoms with Gasteiger partial charge in [0.05, 0.1) is 19.3 Å². The maximum Gasteiger partial charge on any atom is 0.236 e. The van der Waals surface area contributed by atoms with Gasteiger partial charge in [0, 0.05) is 13.1 Å². The zero-order valence-corrected chi connectivity index (χ0v) is 13.2. The minimum atomic E-state index is -0.656. The van der Waals surface area contributed by atoms with Gasteiger partial charge in [-0.25, -0.2) is 0 Å². The standard InChI is InChI=1S/C16H26N2O3/c1-11(2)9-18-16(20)12(3)17-10-15(19)13-5-7-14(21-4)8-6-13/h5-8,11-12,15,17,19H,9-10H2,1-4H3,(H,18,20). The van der Waals surface area contributed by atoms with Crippen molar-refractivity contribution in [3.63, 3.8) is 0 Å². The zero-order valence-electron chi connectivity index (χ0n) is 13.2. The quantitative estimate of drug-likeness (QED) is 0.679. The SMILES string of the molecule is COc1ccc(C(O)CNC(C)C(=O)NCC(C)C)cc1. The van der Waals surface area contributed by atoms with E-state index in [2.05, 4.69) is 10.6 Å². The average Bonchev–Trinajstić information content (AvgIpc) is 2.49. The topological polar surface area (TPSA) is 70.6 Å². The van der Waals surface area contributed by atoms with E-state index in [0.717, 1.165) is 11.3 Å². The van der Waals surface area contributed by atoms with Crippen LogP contribution in [0, 0.1) is 5.92 Å². The maximum absolute atomic E-state index is 11.8. The molecule has 2 atom stereocenters. The van der Waals surface area contributed by atoms with Crippen molar-refractivity contribution in [3.05, 3.63) is 29.8 Å². The molecule has 5 nitrogen and oxygen atoms in total. The van der Waals surface area contributed by atoms with E-state index in [4.69, 9.17) is 4.74 Å². The van der Waals surface area contributed by atoms with Gasteiger partial charge < -0.3 is 20.5 Å². The first kappa shape index (κ1) is 17.5. The third kappa shape index (κ3) is 6.14. The molecule has 0 fully saturated rings. The van der Waals surface area contributed by atoms with E-state index in [-0.39, 0.29) is 11.9 Å². The molecule has 0 aliphatic rings. The molecule has 0 spiro atoms. The molecule has 5 heteroatoms. The Morgan fingerprint density at radius 3 is 2.33 bits per heavy atom. The number of nitrogens with one attached hydrogen (secondary N) is 2. The first-order valence-corrected chi connectivity index (χ1v) is 7.27. The highest BCUT2D eigenvalue weighted by atomic mass is 16.5. The Labute approximate surface area is 126 Å². The van der Waals surface area contributed by atoms with Crippen LogP contribution in [0.2, 0.25) is 0 Å². The van der Waals surface area contributed by atoms with Crippen LogP contribution in [0.1, 0.15) is 32.4 Å². The van der Waals surface area contributed by atoms with E-state index in [1.54, 1.807) is 26.2 Å². The number of hydrogen-bond acceptors (Lipinski definition) is 4. The van der Waals surface area contributed by atoms with Crippen LogP contribution >= 0.6 is 0 Å². The van der Waals surface area contributed by atoms with Crippen molar-refractivity contribution >= 4 is 5.91 Å².